The van der Waals surface area contributed by atoms with Crippen molar-refractivity contribution in [3.63, 3.8) is 0 Å². The van der Waals surface area contributed by atoms with Gasteiger partial charge in [-0.1, -0.05) is 30.7 Å². The molecule has 18 heavy (non-hydrogen) atoms. The van der Waals surface area contributed by atoms with Crippen LogP contribution in [0, 0.1) is 0 Å². The smallest absolute Gasteiger partial charge is 0.175 e. The summed E-state index contributed by atoms with van der Waals surface area (Å²) in [5.41, 5.74) is 2.30. The first-order chi connectivity index (χ1) is 8.34. The number of sulfone groups is 1. The van der Waals surface area contributed by atoms with Gasteiger partial charge in [0.1, 0.15) is 0 Å². The Balaban J connectivity index is 3.05. The fourth-order valence-corrected chi connectivity index (χ4v) is 2.38. The number of nitrogens with one attached hydrogen (secondary N) is 1. The summed E-state index contributed by atoms with van der Waals surface area (Å²) in [5, 5.41) is 3.36. The van der Waals surface area contributed by atoms with Crippen molar-refractivity contribution in [2.75, 3.05) is 12.8 Å². The lowest BCUT2D eigenvalue weighted by atomic mass is 10.0. The molecule has 1 aromatic rings. The highest BCUT2D eigenvalue weighted by Crippen LogP contribution is 2.18. The predicted molar refractivity (Wildman–Crippen MR) is 75.4 cm³/mol. The van der Waals surface area contributed by atoms with Crippen LogP contribution in [-0.4, -0.2) is 21.2 Å². The molecule has 0 fully saturated rings. The molecule has 0 radical (unpaired) electrons. The highest BCUT2D eigenvalue weighted by Gasteiger charge is 2.10. The molecule has 1 rings (SSSR count). The van der Waals surface area contributed by atoms with Gasteiger partial charge < -0.3 is 5.32 Å². The van der Waals surface area contributed by atoms with Gasteiger partial charge in [-0.2, -0.15) is 0 Å². The average Bonchev–Trinajstić information content (AvgIpc) is 2.27. The van der Waals surface area contributed by atoms with Gasteiger partial charge in [-0.3, -0.25) is 0 Å². The summed E-state index contributed by atoms with van der Waals surface area (Å²) in [4.78, 5) is 0.360. The Labute approximate surface area is 110 Å². The van der Waals surface area contributed by atoms with Crippen molar-refractivity contribution >= 4 is 9.84 Å². The van der Waals surface area contributed by atoms with Crippen LogP contribution >= 0.6 is 0 Å². The van der Waals surface area contributed by atoms with Crippen LogP contribution in [0.1, 0.15) is 32.4 Å². The van der Waals surface area contributed by atoms with Gasteiger partial charge in [-0.25, -0.2) is 8.42 Å². The van der Waals surface area contributed by atoms with E-state index in [2.05, 4.69) is 32.2 Å². The van der Waals surface area contributed by atoms with Gasteiger partial charge >= 0.3 is 0 Å². The number of hydrogen-bond donors (Lipinski definition) is 1. The Kier molecular flexibility index (Phi) is 5.11. The molecular formula is C14H21NO2S. The third-order valence-corrected chi connectivity index (χ3v) is 3.72. The Morgan fingerprint density at radius 1 is 1.28 bits per heavy atom. The molecular weight excluding hydrogens is 246 g/mol. The van der Waals surface area contributed by atoms with Crippen molar-refractivity contribution in [3.05, 3.63) is 41.5 Å². The van der Waals surface area contributed by atoms with Crippen LogP contribution in [0.3, 0.4) is 0 Å². The molecule has 0 aromatic heterocycles. The van der Waals surface area contributed by atoms with Gasteiger partial charge in [-0.05, 0) is 38.1 Å². The highest BCUT2D eigenvalue weighted by molar-refractivity contribution is 7.90. The molecule has 0 bridgehead atoms. The maximum atomic E-state index is 11.4. The molecule has 0 heterocycles. The molecule has 0 spiro atoms. The zero-order valence-electron chi connectivity index (χ0n) is 11.4. The van der Waals surface area contributed by atoms with E-state index in [1.54, 1.807) is 12.1 Å². The monoisotopic (exact) mass is 267 g/mol. The van der Waals surface area contributed by atoms with Crippen LogP contribution in [0.2, 0.25) is 0 Å². The van der Waals surface area contributed by atoms with E-state index < -0.39 is 9.84 Å². The normalized spacial score (nSPS) is 13.1. The Bertz CT molecular complexity index is 511. The topological polar surface area (TPSA) is 46.2 Å². The van der Waals surface area contributed by atoms with E-state index in [1.165, 1.54) is 11.8 Å². The SMILES string of the molecule is CCNC(C=C(C)C)c1ccc(S(C)(=O)=O)cc1. The molecule has 0 aliphatic rings. The number of benzene rings is 1. The van der Waals surface area contributed by atoms with Crippen LogP contribution in [0.4, 0.5) is 0 Å². The zero-order chi connectivity index (χ0) is 13.8. The Morgan fingerprint density at radius 2 is 1.83 bits per heavy atom. The van der Waals surface area contributed by atoms with E-state index in [1.807, 2.05) is 12.1 Å². The van der Waals surface area contributed by atoms with E-state index in [9.17, 15) is 8.42 Å². The molecule has 0 aliphatic carbocycles. The zero-order valence-corrected chi connectivity index (χ0v) is 12.2. The highest BCUT2D eigenvalue weighted by atomic mass is 32.2. The van der Waals surface area contributed by atoms with Gasteiger partial charge in [0, 0.05) is 6.26 Å². The van der Waals surface area contributed by atoms with Gasteiger partial charge in [0.15, 0.2) is 9.84 Å². The molecule has 1 aromatic carbocycles. The second-order valence-electron chi connectivity index (χ2n) is 4.62. The fraction of sp³-hybridized carbons (Fsp3) is 0.429. The van der Waals surface area contributed by atoms with Crippen molar-refractivity contribution < 1.29 is 8.42 Å². The van der Waals surface area contributed by atoms with Crippen molar-refractivity contribution in [2.24, 2.45) is 0 Å². The van der Waals surface area contributed by atoms with Gasteiger partial charge in [0.2, 0.25) is 0 Å². The summed E-state index contributed by atoms with van der Waals surface area (Å²) in [6, 6.07) is 7.18. The fourth-order valence-electron chi connectivity index (χ4n) is 1.75. The van der Waals surface area contributed by atoms with Crippen molar-refractivity contribution in [3.8, 4) is 0 Å². The summed E-state index contributed by atoms with van der Waals surface area (Å²) >= 11 is 0. The lowest BCUT2D eigenvalue weighted by molar-refractivity contribution is 0.601. The van der Waals surface area contributed by atoms with E-state index in [-0.39, 0.29) is 6.04 Å². The summed E-state index contributed by atoms with van der Waals surface area (Å²) in [5.74, 6) is 0. The second kappa shape index (κ2) is 6.16. The standard InChI is InChI=1S/C14H21NO2S/c1-5-15-14(10-11(2)3)12-6-8-13(9-7-12)18(4,16)17/h6-10,14-15H,5H2,1-4H3. The van der Waals surface area contributed by atoms with Crippen molar-refractivity contribution in [1.82, 2.24) is 5.32 Å². The quantitative estimate of drug-likeness (QED) is 0.834. The molecule has 0 amide bonds. The number of allylic oxidation sites excluding steroid dienone is 1. The maximum Gasteiger partial charge on any atom is 0.175 e. The van der Waals surface area contributed by atoms with Crippen LogP contribution in [0.15, 0.2) is 40.8 Å². The summed E-state index contributed by atoms with van der Waals surface area (Å²) in [6.07, 6.45) is 3.36. The predicted octanol–water partition coefficient (Wildman–Crippen LogP) is 2.71. The summed E-state index contributed by atoms with van der Waals surface area (Å²) in [7, 11) is -3.12. The number of hydrogen-bond acceptors (Lipinski definition) is 3. The molecule has 4 heteroatoms. The van der Waals surface area contributed by atoms with E-state index >= 15 is 0 Å². The summed E-state index contributed by atoms with van der Waals surface area (Å²) < 4.78 is 22.8. The van der Waals surface area contributed by atoms with E-state index in [4.69, 9.17) is 0 Å². The minimum Gasteiger partial charge on any atom is -0.307 e. The number of rotatable bonds is 5. The molecule has 100 valence electrons. The van der Waals surface area contributed by atoms with Gasteiger partial charge in [0.05, 0.1) is 10.9 Å². The average molecular weight is 267 g/mol. The van der Waals surface area contributed by atoms with Crippen molar-refractivity contribution in [1.29, 1.82) is 0 Å². The van der Waals surface area contributed by atoms with Crippen molar-refractivity contribution in [2.45, 2.75) is 31.7 Å². The third kappa shape index (κ3) is 4.27. The van der Waals surface area contributed by atoms with Crippen LogP contribution in [0.5, 0.6) is 0 Å². The van der Waals surface area contributed by atoms with Gasteiger partial charge in [0.25, 0.3) is 0 Å². The molecule has 0 saturated heterocycles. The largest absolute Gasteiger partial charge is 0.307 e. The van der Waals surface area contributed by atoms with Crippen LogP contribution in [-0.2, 0) is 9.84 Å². The lowest BCUT2D eigenvalue weighted by Gasteiger charge is -2.15. The molecule has 3 nitrogen and oxygen atoms in total. The minimum atomic E-state index is -3.12. The lowest BCUT2D eigenvalue weighted by Crippen LogP contribution is -2.19. The first-order valence-corrected chi connectivity index (χ1v) is 7.92. The minimum absolute atomic E-state index is 0.133. The maximum absolute atomic E-state index is 11.4. The molecule has 0 saturated carbocycles. The first kappa shape index (κ1) is 14.9. The van der Waals surface area contributed by atoms with Crippen LogP contribution in [0.25, 0.3) is 0 Å². The molecule has 0 aliphatic heterocycles. The molecule has 1 atom stereocenters. The number of likely N-dealkylation sites (N-methyl/N-ethyl adjacent to an activating group) is 1. The summed E-state index contributed by atoms with van der Waals surface area (Å²) in [6.45, 7) is 7.02. The molecule has 1 unspecified atom stereocenters. The first-order valence-electron chi connectivity index (χ1n) is 6.03. The van der Waals surface area contributed by atoms with Crippen LogP contribution < -0.4 is 5.32 Å². The molecule has 1 N–H and O–H groups in total. The van der Waals surface area contributed by atoms with E-state index in [0.717, 1.165) is 12.1 Å². The van der Waals surface area contributed by atoms with Gasteiger partial charge in [-0.15, -0.1) is 0 Å². The third-order valence-electron chi connectivity index (χ3n) is 2.59. The van der Waals surface area contributed by atoms with E-state index in [0.29, 0.717) is 4.90 Å². The second-order valence-corrected chi connectivity index (χ2v) is 6.64. The Hall–Kier alpha value is -1.13. The Morgan fingerprint density at radius 3 is 2.22 bits per heavy atom.